The van der Waals surface area contributed by atoms with Crippen molar-refractivity contribution in [3.05, 3.63) is 59.7 Å². The molecule has 5 heteroatoms. The molecule has 0 unspecified atom stereocenters. The zero-order valence-corrected chi connectivity index (χ0v) is 19.2. The molecule has 31 heavy (non-hydrogen) atoms. The molecule has 3 rings (SSSR count). The third kappa shape index (κ3) is 7.20. The van der Waals surface area contributed by atoms with Crippen molar-refractivity contribution in [3.63, 3.8) is 0 Å². The first-order valence-corrected chi connectivity index (χ1v) is 11.2. The highest BCUT2D eigenvalue weighted by Crippen LogP contribution is 2.24. The number of benzene rings is 2. The molecule has 1 saturated heterocycles. The van der Waals surface area contributed by atoms with Crippen LogP contribution in [0.15, 0.2) is 48.5 Å². The Hall–Kier alpha value is -2.69. The first-order chi connectivity index (χ1) is 14.8. The fourth-order valence-corrected chi connectivity index (χ4v) is 3.86. The molecular weight excluding hydrogens is 390 g/mol. The van der Waals surface area contributed by atoms with E-state index in [2.05, 4.69) is 24.3 Å². The van der Waals surface area contributed by atoms with Crippen molar-refractivity contribution in [1.82, 2.24) is 4.90 Å². The topological polar surface area (TPSA) is 48.0 Å². The van der Waals surface area contributed by atoms with Crippen LogP contribution in [-0.4, -0.2) is 43.4 Å². The summed E-state index contributed by atoms with van der Waals surface area (Å²) < 4.78 is 17.1. The monoisotopic (exact) mass is 425 g/mol. The Morgan fingerprint density at radius 3 is 2.68 bits per heavy atom. The molecule has 0 spiro atoms. The summed E-state index contributed by atoms with van der Waals surface area (Å²) in [5.74, 6) is 2.13. The average molecular weight is 426 g/mol. The van der Waals surface area contributed by atoms with Gasteiger partial charge in [0.05, 0.1) is 13.7 Å². The number of para-hydroxylation sites is 1. The number of piperidine rings is 1. The van der Waals surface area contributed by atoms with E-state index in [9.17, 15) is 4.79 Å². The molecule has 2 aromatic carbocycles. The van der Waals surface area contributed by atoms with E-state index in [-0.39, 0.29) is 6.09 Å². The Balaban J connectivity index is 1.55. The zero-order chi connectivity index (χ0) is 22.3. The third-order valence-corrected chi connectivity index (χ3v) is 5.43. The second kappa shape index (κ2) is 10.6. The van der Waals surface area contributed by atoms with E-state index < -0.39 is 5.60 Å². The van der Waals surface area contributed by atoms with Gasteiger partial charge >= 0.3 is 6.09 Å². The number of rotatable bonds is 7. The number of likely N-dealkylation sites (tertiary alicyclic amines) is 1. The summed E-state index contributed by atoms with van der Waals surface area (Å²) in [6.45, 7) is 7.74. The van der Waals surface area contributed by atoms with Crippen LogP contribution in [0.2, 0.25) is 0 Å². The molecule has 1 fully saturated rings. The number of carbonyl (C=O) groups excluding carboxylic acids is 1. The molecule has 0 aliphatic carbocycles. The molecule has 1 atom stereocenters. The van der Waals surface area contributed by atoms with Gasteiger partial charge in [-0.1, -0.05) is 30.3 Å². The Labute approximate surface area is 186 Å². The van der Waals surface area contributed by atoms with Crippen LogP contribution in [0.4, 0.5) is 4.79 Å². The maximum Gasteiger partial charge on any atom is 0.410 e. The van der Waals surface area contributed by atoms with E-state index in [1.165, 1.54) is 11.1 Å². The van der Waals surface area contributed by atoms with E-state index in [1.807, 2.05) is 49.9 Å². The molecule has 0 bridgehead atoms. The quantitative estimate of drug-likeness (QED) is 0.587. The third-order valence-electron chi connectivity index (χ3n) is 5.43. The number of hydrogen-bond donors (Lipinski definition) is 0. The lowest BCUT2D eigenvalue weighted by Gasteiger charge is -2.34. The van der Waals surface area contributed by atoms with Crippen molar-refractivity contribution in [2.45, 2.75) is 52.1 Å². The van der Waals surface area contributed by atoms with Gasteiger partial charge in [-0.15, -0.1) is 0 Å². The van der Waals surface area contributed by atoms with E-state index in [0.29, 0.717) is 19.1 Å². The van der Waals surface area contributed by atoms with Gasteiger partial charge in [-0.25, -0.2) is 4.79 Å². The summed E-state index contributed by atoms with van der Waals surface area (Å²) in [5, 5.41) is 0. The Morgan fingerprint density at radius 1 is 1.10 bits per heavy atom. The Bertz CT molecular complexity index is 858. The molecular formula is C26H35NO4. The maximum atomic E-state index is 12.4. The first-order valence-electron chi connectivity index (χ1n) is 11.2. The number of nitrogens with zero attached hydrogens (tertiary/aromatic N) is 1. The van der Waals surface area contributed by atoms with Crippen LogP contribution in [0.5, 0.6) is 11.5 Å². The fraction of sp³-hybridized carbons (Fsp3) is 0.500. The predicted octanol–water partition coefficient (Wildman–Crippen LogP) is 5.51. The van der Waals surface area contributed by atoms with Gasteiger partial charge < -0.3 is 19.1 Å². The highest BCUT2D eigenvalue weighted by Gasteiger charge is 2.28. The van der Waals surface area contributed by atoms with Gasteiger partial charge in [0.25, 0.3) is 0 Å². The van der Waals surface area contributed by atoms with Crippen LogP contribution in [0.3, 0.4) is 0 Å². The van der Waals surface area contributed by atoms with Gasteiger partial charge in [-0.3, -0.25) is 0 Å². The maximum absolute atomic E-state index is 12.4. The molecule has 0 radical (unpaired) electrons. The smallest absolute Gasteiger partial charge is 0.410 e. The molecule has 1 aliphatic heterocycles. The minimum absolute atomic E-state index is 0.226. The molecule has 5 nitrogen and oxygen atoms in total. The molecule has 1 aliphatic rings. The lowest BCUT2D eigenvalue weighted by atomic mass is 9.99. The Kier molecular flexibility index (Phi) is 7.83. The van der Waals surface area contributed by atoms with Crippen molar-refractivity contribution in [3.8, 4) is 11.5 Å². The van der Waals surface area contributed by atoms with Crippen LogP contribution in [0, 0.1) is 5.92 Å². The summed E-state index contributed by atoms with van der Waals surface area (Å²) in [6.07, 6.45) is 3.64. The van der Waals surface area contributed by atoms with Gasteiger partial charge in [0.15, 0.2) is 0 Å². The summed E-state index contributed by atoms with van der Waals surface area (Å²) in [6, 6.07) is 16.4. The van der Waals surface area contributed by atoms with Crippen molar-refractivity contribution in [2.75, 3.05) is 26.8 Å². The van der Waals surface area contributed by atoms with Crippen LogP contribution in [0.25, 0.3) is 0 Å². The van der Waals surface area contributed by atoms with Gasteiger partial charge in [0, 0.05) is 19.0 Å². The van der Waals surface area contributed by atoms with E-state index in [4.69, 9.17) is 14.2 Å². The van der Waals surface area contributed by atoms with Crippen molar-refractivity contribution < 1.29 is 19.0 Å². The number of ether oxygens (including phenoxy) is 3. The van der Waals surface area contributed by atoms with Crippen molar-refractivity contribution >= 4 is 6.09 Å². The van der Waals surface area contributed by atoms with Crippen molar-refractivity contribution in [1.29, 1.82) is 0 Å². The summed E-state index contributed by atoms with van der Waals surface area (Å²) >= 11 is 0. The standard InChI is InChI=1S/C26H35NO4/c1-26(2,3)31-25(28)27-16-8-10-21(18-27)19-30-24-13-6-5-11-22(24)15-14-20-9-7-12-23(17-20)29-4/h5-7,9,11-13,17,21H,8,10,14-16,18-19H2,1-4H3/t21-/m1/s1. The normalized spacial score (nSPS) is 16.6. The number of aryl methyl sites for hydroxylation is 2. The van der Waals surface area contributed by atoms with Gasteiger partial charge in [0.1, 0.15) is 17.1 Å². The first kappa shape index (κ1) is 23.0. The Morgan fingerprint density at radius 2 is 1.90 bits per heavy atom. The van der Waals surface area contributed by atoms with E-state index in [1.54, 1.807) is 7.11 Å². The molecule has 168 valence electrons. The lowest BCUT2D eigenvalue weighted by Crippen LogP contribution is -2.44. The highest BCUT2D eigenvalue weighted by atomic mass is 16.6. The van der Waals surface area contributed by atoms with Crippen molar-refractivity contribution in [2.24, 2.45) is 5.92 Å². The number of methoxy groups -OCH3 is 1. The molecule has 1 heterocycles. The summed E-state index contributed by atoms with van der Waals surface area (Å²) in [7, 11) is 1.69. The summed E-state index contributed by atoms with van der Waals surface area (Å²) in [5.41, 5.74) is 1.97. The summed E-state index contributed by atoms with van der Waals surface area (Å²) in [4.78, 5) is 14.2. The largest absolute Gasteiger partial charge is 0.497 e. The molecule has 0 aromatic heterocycles. The molecule has 2 aromatic rings. The van der Waals surface area contributed by atoms with Gasteiger partial charge in [-0.2, -0.15) is 0 Å². The van der Waals surface area contributed by atoms with Crippen LogP contribution < -0.4 is 9.47 Å². The predicted molar refractivity (Wildman–Crippen MR) is 123 cm³/mol. The van der Waals surface area contributed by atoms with Gasteiger partial charge in [-0.05, 0) is 75.8 Å². The van der Waals surface area contributed by atoms with Crippen LogP contribution >= 0.6 is 0 Å². The zero-order valence-electron chi connectivity index (χ0n) is 19.2. The van der Waals surface area contributed by atoms with Crippen LogP contribution in [0.1, 0.15) is 44.7 Å². The van der Waals surface area contributed by atoms with E-state index in [0.717, 1.165) is 43.7 Å². The van der Waals surface area contributed by atoms with Gasteiger partial charge in [0.2, 0.25) is 0 Å². The average Bonchev–Trinajstić information content (AvgIpc) is 2.76. The van der Waals surface area contributed by atoms with E-state index >= 15 is 0 Å². The number of carbonyl (C=O) groups is 1. The molecule has 0 N–H and O–H groups in total. The molecule has 0 saturated carbocycles. The fourth-order valence-electron chi connectivity index (χ4n) is 3.86. The highest BCUT2D eigenvalue weighted by molar-refractivity contribution is 5.68. The minimum atomic E-state index is -0.470. The number of amides is 1. The SMILES string of the molecule is COc1cccc(CCc2ccccc2OC[C@@H]2CCCN(C(=O)OC(C)(C)C)C2)c1. The van der Waals surface area contributed by atoms with Crippen LogP contribution in [-0.2, 0) is 17.6 Å². The number of hydrogen-bond acceptors (Lipinski definition) is 4. The second-order valence-electron chi connectivity index (χ2n) is 9.20. The minimum Gasteiger partial charge on any atom is -0.497 e. The second-order valence-corrected chi connectivity index (χ2v) is 9.20. The molecule has 1 amide bonds. The lowest BCUT2D eigenvalue weighted by molar-refractivity contribution is 0.0139.